The molecule has 0 amide bonds. The average Bonchev–Trinajstić information content (AvgIpc) is 2.82. The minimum absolute atomic E-state index is 0.378. The van der Waals surface area contributed by atoms with Gasteiger partial charge in [0.15, 0.2) is 0 Å². The highest BCUT2D eigenvalue weighted by Gasteiger charge is 2.44. The van der Waals surface area contributed by atoms with Gasteiger partial charge >= 0.3 is 0 Å². The van der Waals surface area contributed by atoms with E-state index in [0.717, 1.165) is 5.92 Å². The highest BCUT2D eigenvalue weighted by Crippen LogP contribution is 2.41. The van der Waals surface area contributed by atoms with Crippen molar-refractivity contribution in [1.82, 2.24) is 4.90 Å². The van der Waals surface area contributed by atoms with Gasteiger partial charge in [-0.1, -0.05) is 34.1 Å². The van der Waals surface area contributed by atoms with E-state index in [1.54, 1.807) is 0 Å². The predicted octanol–water partition coefficient (Wildman–Crippen LogP) is 3.13. The Hall–Kier alpha value is -0.0800. The van der Waals surface area contributed by atoms with Crippen molar-refractivity contribution in [1.29, 1.82) is 0 Å². The molecule has 1 rings (SSSR count). The first-order chi connectivity index (χ1) is 6.88. The fraction of sp³-hybridized carbons (Fsp3) is 1.00. The van der Waals surface area contributed by atoms with Crippen LogP contribution in [0.5, 0.6) is 0 Å². The Morgan fingerprint density at radius 3 is 2.27 bits per heavy atom. The zero-order valence-electron chi connectivity index (χ0n) is 11.2. The maximum atomic E-state index is 5.68. The van der Waals surface area contributed by atoms with Gasteiger partial charge in [-0.05, 0) is 38.3 Å². The topological polar surface area (TPSA) is 15.8 Å². The largest absolute Gasteiger partial charge is 0.353 e. The van der Waals surface area contributed by atoms with Gasteiger partial charge in [0, 0.05) is 0 Å². The molecule has 1 heterocycles. The zero-order chi connectivity index (χ0) is 11.6. The molecule has 3 unspecified atom stereocenters. The van der Waals surface area contributed by atoms with Crippen molar-refractivity contribution in [2.75, 3.05) is 14.1 Å². The summed E-state index contributed by atoms with van der Waals surface area (Å²) in [5.74, 6) is 0.784. The van der Waals surface area contributed by atoms with Crippen LogP contribution in [0.1, 0.15) is 47.0 Å². The van der Waals surface area contributed by atoms with Crippen LogP contribution in [-0.2, 0) is 4.74 Å². The van der Waals surface area contributed by atoms with Gasteiger partial charge in [-0.25, -0.2) is 0 Å². The van der Waals surface area contributed by atoms with E-state index < -0.39 is 0 Å². The molecule has 1 aliphatic heterocycles. The lowest BCUT2D eigenvalue weighted by atomic mass is 9.76. The number of epoxide rings is 1. The van der Waals surface area contributed by atoms with E-state index in [-0.39, 0.29) is 0 Å². The van der Waals surface area contributed by atoms with E-state index >= 15 is 0 Å². The molecule has 0 aromatic carbocycles. The molecule has 1 saturated heterocycles. The summed E-state index contributed by atoms with van der Waals surface area (Å²) < 4.78 is 5.68. The maximum Gasteiger partial charge on any atom is 0.137 e. The Morgan fingerprint density at radius 2 is 1.93 bits per heavy atom. The predicted molar refractivity (Wildman–Crippen MR) is 64.8 cm³/mol. The third-order valence-electron chi connectivity index (χ3n) is 3.51. The Bertz CT molecular complexity index is 203. The fourth-order valence-electron chi connectivity index (χ4n) is 2.58. The lowest BCUT2D eigenvalue weighted by Crippen LogP contribution is -2.24. The quantitative estimate of drug-likeness (QED) is 0.630. The second-order valence-electron chi connectivity index (χ2n) is 6.00. The van der Waals surface area contributed by atoms with Crippen LogP contribution in [0.25, 0.3) is 0 Å². The zero-order valence-corrected chi connectivity index (χ0v) is 11.2. The normalized spacial score (nSPS) is 29.6. The van der Waals surface area contributed by atoms with Crippen LogP contribution in [-0.4, -0.2) is 31.3 Å². The number of rotatable bonds is 6. The summed E-state index contributed by atoms with van der Waals surface area (Å²) in [6.07, 6.45) is 4.63. The van der Waals surface area contributed by atoms with Crippen LogP contribution in [0, 0.1) is 11.3 Å². The SMILES string of the molecule is CCC(C)(CC(C)C)CC1OC1N(C)C. The van der Waals surface area contributed by atoms with Crippen molar-refractivity contribution in [3.05, 3.63) is 0 Å². The Balaban J connectivity index is 2.41. The molecular formula is C13H27NO. The molecule has 0 spiro atoms. The number of hydrogen-bond acceptors (Lipinski definition) is 2. The van der Waals surface area contributed by atoms with Crippen molar-refractivity contribution in [3.63, 3.8) is 0 Å². The summed E-state index contributed by atoms with van der Waals surface area (Å²) in [6.45, 7) is 9.33. The van der Waals surface area contributed by atoms with Crippen LogP contribution >= 0.6 is 0 Å². The molecule has 3 atom stereocenters. The molecule has 0 N–H and O–H groups in total. The number of hydrogen-bond donors (Lipinski definition) is 0. The molecule has 1 fully saturated rings. The van der Waals surface area contributed by atoms with Crippen LogP contribution < -0.4 is 0 Å². The molecule has 0 aromatic heterocycles. The minimum Gasteiger partial charge on any atom is -0.353 e. The molecule has 0 bridgehead atoms. The van der Waals surface area contributed by atoms with Crippen LogP contribution in [0.15, 0.2) is 0 Å². The number of likely N-dealkylation sites (N-methyl/N-ethyl adjacent to an activating group) is 1. The van der Waals surface area contributed by atoms with Crippen LogP contribution in [0.2, 0.25) is 0 Å². The first-order valence-electron chi connectivity index (χ1n) is 6.20. The van der Waals surface area contributed by atoms with E-state index in [0.29, 0.717) is 17.7 Å². The highest BCUT2D eigenvalue weighted by atomic mass is 16.6. The van der Waals surface area contributed by atoms with Gasteiger partial charge in [0.05, 0.1) is 6.10 Å². The first kappa shape index (κ1) is 13.0. The Kier molecular flexibility index (Phi) is 4.19. The molecular weight excluding hydrogens is 186 g/mol. The van der Waals surface area contributed by atoms with Gasteiger partial charge < -0.3 is 4.74 Å². The Labute approximate surface area is 95.0 Å². The van der Waals surface area contributed by atoms with E-state index in [2.05, 4.69) is 46.7 Å². The number of ether oxygens (including phenoxy) is 1. The molecule has 90 valence electrons. The van der Waals surface area contributed by atoms with E-state index in [1.807, 2.05) is 0 Å². The minimum atomic E-state index is 0.378. The summed E-state index contributed by atoms with van der Waals surface area (Å²) in [4.78, 5) is 2.18. The molecule has 1 aliphatic rings. The monoisotopic (exact) mass is 213 g/mol. The first-order valence-corrected chi connectivity index (χ1v) is 6.20. The molecule has 0 radical (unpaired) electrons. The molecule has 0 aliphatic carbocycles. The maximum absolute atomic E-state index is 5.68. The third kappa shape index (κ3) is 3.76. The summed E-state index contributed by atoms with van der Waals surface area (Å²) in [6, 6.07) is 0. The third-order valence-corrected chi connectivity index (χ3v) is 3.51. The van der Waals surface area contributed by atoms with Gasteiger partial charge in [-0.15, -0.1) is 0 Å². The van der Waals surface area contributed by atoms with Gasteiger partial charge in [-0.2, -0.15) is 0 Å². The van der Waals surface area contributed by atoms with Crippen molar-refractivity contribution < 1.29 is 4.74 Å². The van der Waals surface area contributed by atoms with Crippen molar-refractivity contribution in [2.24, 2.45) is 11.3 Å². The molecule has 2 heteroatoms. The number of nitrogens with zero attached hydrogens (tertiary/aromatic N) is 1. The van der Waals surface area contributed by atoms with E-state index in [9.17, 15) is 0 Å². The lowest BCUT2D eigenvalue weighted by Gasteiger charge is -2.29. The molecule has 0 aromatic rings. The van der Waals surface area contributed by atoms with Gasteiger partial charge in [-0.3, -0.25) is 4.90 Å². The molecule has 0 saturated carbocycles. The van der Waals surface area contributed by atoms with E-state index in [1.165, 1.54) is 19.3 Å². The summed E-state index contributed by atoms with van der Waals surface area (Å²) in [5.41, 5.74) is 0.462. The van der Waals surface area contributed by atoms with Gasteiger partial charge in [0.25, 0.3) is 0 Å². The standard InChI is InChI=1S/C13H27NO/c1-7-13(4,8-10(2)3)9-11-12(15-11)14(5)6/h10-12H,7-9H2,1-6H3. The van der Waals surface area contributed by atoms with Crippen LogP contribution in [0.3, 0.4) is 0 Å². The van der Waals surface area contributed by atoms with Crippen molar-refractivity contribution >= 4 is 0 Å². The second kappa shape index (κ2) is 4.84. The van der Waals surface area contributed by atoms with E-state index in [4.69, 9.17) is 4.74 Å². The second-order valence-corrected chi connectivity index (χ2v) is 6.00. The summed E-state index contributed by atoms with van der Waals surface area (Å²) in [5, 5.41) is 0. The van der Waals surface area contributed by atoms with Crippen molar-refractivity contribution in [2.45, 2.75) is 59.3 Å². The molecule has 15 heavy (non-hydrogen) atoms. The van der Waals surface area contributed by atoms with Crippen LogP contribution in [0.4, 0.5) is 0 Å². The average molecular weight is 213 g/mol. The Morgan fingerprint density at radius 1 is 1.33 bits per heavy atom. The van der Waals surface area contributed by atoms with Gasteiger partial charge in [0.1, 0.15) is 6.23 Å². The fourth-order valence-corrected chi connectivity index (χ4v) is 2.58. The smallest absolute Gasteiger partial charge is 0.137 e. The summed E-state index contributed by atoms with van der Waals surface area (Å²) in [7, 11) is 4.19. The lowest BCUT2D eigenvalue weighted by molar-refractivity contribution is 0.196. The molecule has 2 nitrogen and oxygen atoms in total. The van der Waals surface area contributed by atoms with Gasteiger partial charge in [0.2, 0.25) is 0 Å². The highest BCUT2D eigenvalue weighted by molar-refractivity contribution is 4.89. The van der Waals surface area contributed by atoms with Crippen molar-refractivity contribution in [3.8, 4) is 0 Å². The summed E-state index contributed by atoms with van der Waals surface area (Å²) >= 11 is 0.